The number of aryl methyl sites for hydroxylation is 2. The van der Waals surface area contributed by atoms with Gasteiger partial charge in [0.15, 0.2) is 0 Å². The summed E-state index contributed by atoms with van der Waals surface area (Å²) in [5.41, 5.74) is 5.17. The molecule has 3 rings (SSSR count). The Morgan fingerprint density at radius 3 is 2.34 bits per heavy atom. The van der Waals surface area contributed by atoms with Crippen LogP contribution in [-0.2, 0) is 11.2 Å². The first-order valence-electron chi connectivity index (χ1n) is 9.75. The van der Waals surface area contributed by atoms with Crippen molar-refractivity contribution in [1.29, 1.82) is 0 Å². The van der Waals surface area contributed by atoms with Crippen molar-refractivity contribution in [2.45, 2.75) is 33.2 Å². The molecule has 3 aromatic rings. The van der Waals surface area contributed by atoms with Crippen molar-refractivity contribution in [2.24, 2.45) is 0 Å². The minimum Gasteiger partial charge on any atom is -0.345 e. The van der Waals surface area contributed by atoms with E-state index < -0.39 is 0 Å². The number of rotatable bonds is 6. The molecule has 0 spiro atoms. The van der Waals surface area contributed by atoms with Gasteiger partial charge in [0.2, 0.25) is 5.91 Å². The van der Waals surface area contributed by atoms with Gasteiger partial charge < -0.3 is 10.6 Å². The van der Waals surface area contributed by atoms with Gasteiger partial charge in [0, 0.05) is 0 Å². The van der Waals surface area contributed by atoms with Crippen LogP contribution in [0.4, 0.5) is 5.69 Å². The van der Waals surface area contributed by atoms with Gasteiger partial charge in [-0.25, -0.2) is 0 Å². The molecule has 4 nitrogen and oxygen atoms in total. The third-order valence-electron chi connectivity index (χ3n) is 4.95. The van der Waals surface area contributed by atoms with Crippen molar-refractivity contribution in [3.8, 4) is 0 Å². The molecule has 0 bridgehead atoms. The number of carbonyl (C=O) groups is 2. The summed E-state index contributed by atoms with van der Waals surface area (Å²) in [7, 11) is 0. The van der Waals surface area contributed by atoms with Crippen LogP contribution >= 0.6 is 0 Å². The van der Waals surface area contributed by atoms with E-state index in [1.165, 1.54) is 0 Å². The summed E-state index contributed by atoms with van der Waals surface area (Å²) >= 11 is 0. The van der Waals surface area contributed by atoms with E-state index >= 15 is 0 Å². The van der Waals surface area contributed by atoms with E-state index in [0.29, 0.717) is 11.3 Å². The molecule has 29 heavy (non-hydrogen) atoms. The zero-order valence-corrected chi connectivity index (χ0v) is 17.0. The maximum Gasteiger partial charge on any atom is 0.253 e. The van der Waals surface area contributed by atoms with Gasteiger partial charge in [-0.3, -0.25) is 9.59 Å². The predicted octanol–water partition coefficient (Wildman–Crippen LogP) is 4.98. The molecule has 4 heteroatoms. The van der Waals surface area contributed by atoms with Gasteiger partial charge in [0.05, 0.1) is 23.7 Å². The van der Waals surface area contributed by atoms with Crippen LogP contribution in [0.25, 0.3) is 0 Å². The van der Waals surface area contributed by atoms with Crippen LogP contribution < -0.4 is 10.6 Å². The third-order valence-corrected chi connectivity index (χ3v) is 4.95. The first-order chi connectivity index (χ1) is 13.9. The number of anilines is 1. The second kappa shape index (κ2) is 9.20. The lowest BCUT2D eigenvalue weighted by molar-refractivity contribution is -0.115. The van der Waals surface area contributed by atoms with Crippen molar-refractivity contribution in [3.63, 3.8) is 0 Å². The van der Waals surface area contributed by atoms with Gasteiger partial charge in [-0.2, -0.15) is 0 Å². The van der Waals surface area contributed by atoms with Crippen LogP contribution in [0.3, 0.4) is 0 Å². The summed E-state index contributed by atoms with van der Waals surface area (Å²) in [6, 6.07) is 22.8. The fraction of sp³-hybridized carbons (Fsp3) is 0.200. The van der Waals surface area contributed by atoms with Crippen molar-refractivity contribution in [3.05, 3.63) is 101 Å². The highest BCUT2D eigenvalue weighted by molar-refractivity contribution is 6.04. The molecule has 3 aromatic carbocycles. The van der Waals surface area contributed by atoms with E-state index in [0.717, 1.165) is 22.3 Å². The van der Waals surface area contributed by atoms with E-state index in [1.807, 2.05) is 75.4 Å². The summed E-state index contributed by atoms with van der Waals surface area (Å²) in [5.74, 6) is -0.362. The van der Waals surface area contributed by atoms with Gasteiger partial charge in [-0.15, -0.1) is 0 Å². The predicted molar refractivity (Wildman–Crippen MR) is 117 cm³/mol. The fourth-order valence-electron chi connectivity index (χ4n) is 3.25. The lowest BCUT2D eigenvalue weighted by Gasteiger charge is -2.16. The standard InChI is InChI=1S/C25H26N2O2/c1-17-13-14-18(2)21(15-17)16-24(28)27-23-12-8-7-11-22(23)25(29)26-19(3)20-9-5-4-6-10-20/h4-15,19H,16H2,1-3H3,(H,26,29)(H,27,28)/t19-/m0/s1. The van der Waals surface area contributed by atoms with Gasteiger partial charge in [0.25, 0.3) is 5.91 Å². The SMILES string of the molecule is Cc1ccc(C)c(CC(=O)Nc2ccccc2C(=O)N[C@@H](C)c2ccccc2)c1. The third kappa shape index (κ3) is 5.32. The maximum atomic E-state index is 12.8. The monoisotopic (exact) mass is 386 g/mol. The largest absolute Gasteiger partial charge is 0.345 e. The maximum absolute atomic E-state index is 12.8. The van der Waals surface area contributed by atoms with E-state index in [9.17, 15) is 9.59 Å². The normalized spacial score (nSPS) is 11.6. The van der Waals surface area contributed by atoms with Crippen LogP contribution in [0.1, 0.15) is 45.6 Å². The van der Waals surface area contributed by atoms with Crippen molar-refractivity contribution < 1.29 is 9.59 Å². The van der Waals surface area contributed by atoms with Crippen LogP contribution in [-0.4, -0.2) is 11.8 Å². The average Bonchev–Trinajstić information content (AvgIpc) is 2.71. The number of nitrogens with one attached hydrogen (secondary N) is 2. The summed E-state index contributed by atoms with van der Waals surface area (Å²) in [4.78, 5) is 25.4. The quantitative estimate of drug-likeness (QED) is 0.628. The lowest BCUT2D eigenvalue weighted by atomic mass is 10.0. The second-order valence-corrected chi connectivity index (χ2v) is 7.31. The summed E-state index contributed by atoms with van der Waals surface area (Å²) < 4.78 is 0. The molecule has 0 heterocycles. The van der Waals surface area contributed by atoms with Crippen molar-refractivity contribution in [1.82, 2.24) is 5.32 Å². The zero-order valence-electron chi connectivity index (χ0n) is 17.0. The fourth-order valence-corrected chi connectivity index (χ4v) is 3.25. The molecule has 2 N–H and O–H groups in total. The minimum atomic E-state index is -0.219. The van der Waals surface area contributed by atoms with Gasteiger partial charge in [-0.1, -0.05) is 66.2 Å². The first kappa shape index (κ1) is 20.3. The number of amides is 2. The number of hydrogen-bond acceptors (Lipinski definition) is 2. The zero-order chi connectivity index (χ0) is 20.8. The molecule has 0 saturated carbocycles. The Kier molecular flexibility index (Phi) is 6.45. The summed E-state index contributed by atoms with van der Waals surface area (Å²) in [6.45, 7) is 5.94. The Hall–Kier alpha value is -3.40. The molecule has 0 radical (unpaired) electrons. The van der Waals surface area contributed by atoms with Gasteiger partial charge in [0.1, 0.15) is 0 Å². The van der Waals surface area contributed by atoms with Crippen LogP contribution in [0.15, 0.2) is 72.8 Å². The molecule has 2 amide bonds. The molecule has 0 fully saturated rings. The van der Waals surface area contributed by atoms with Crippen LogP contribution in [0.5, 0.6) is 0 Å². The smallest absolute Gasteiger partial charge is 0.253 e. The number of benzene rings is 3. The summed E-state index contributed by atoms with van der Waals surface area (Å²) in [6.07, 6.45) is 0.268. The molecule has 1 atom stereocenters. The topological polar surface area (TPSA) is 58.2 Å². The van der Waals surface area contributed by atoms with Gasteiger partial charge in [-0.05, 0) is 49.6 Å². The number of carbonyl (C=O) groups excluding carboxylic acids is 2. The average molecular weight is 386 g/mol. The molecule has 0 aliphatic carbocycles. The second-order valence-electron chi connectivity index (χ2n) is 7.31. The first-order valence-corrected chi connectivity index (χ1v) is 9.75. The van der Waals surface area contributed by atoms with Crippen LogP contribution in [0.2, 0.25) is 0 Å². The Labute approximate surface area is 172 Å². The molecule has 0 aliphatic rings. The molecular weight excluding hydrogens is 360 g/mol. The Morgan fingerprint density at radius 2 is 1.59 bits per heavy atom. The highest BCUT2D eigenvalue weighted by atomic mass is 16.2. The number of para-hydroxylation sites is 1. The van der Waals surface area contributed by atoms with E-state index in [-0.39, 0.29) is 24.3 Å². The summed E-state index contributed by atoms with van der Waals surface area (Å²) in [5, 5.41) is 5.90. The lowest BCUT2D eigenvalue weighted by Crippen LogP contribution is -2.28. The molecule has 0 aliphatic heterocycles. The van der Waals surface area contributed by atoms with Gasteiger partial charge >= 0.3 is 0 Å². The molecule has 0 saturated heterocycles. The highest BCUT2D eigenvalue weighted by Crippen LogP contribution is 2.19. The molecule has 148 valence electrons. The van der Waals surface area contributed by atoms with E-state index in [2.05, 4.69) is 10.6 Å². The van der Waals surface area contributed by atoms with Crippen LogP contribution in [0, 0.1) is 13.8 Å². The number of hydrogen-bond donors (Lipinski definition) is 2. The minimum absolute atomic E-state index is 0.137. The Morgan fingerprint density at radius 1 is 0.897 bits per heavy atom. The van der Waals surface area contributed by atoms with Crippen molar-refractivity contribution >= 4 is 17.5 Å². The molecule has 0 unspecified atom stereocenters. The highest BCUT2D eigenvalue weighted by Gasteiger charge is 2.16. The molecule has 0 aromatic heterocycles. The van der Waals surface area contributed by atoms with Crippen molar-refractivity contribution in [2.75, 3.05) is 5.32 Å². The van der Waals surface area contributed by atoms with E-state index in [1.54, 1.807) is 18.2 Å². The Bertz CT molecular complexity index is 1010. The Balaban J connectivity index is 1.72. The van der Waals surface area contributed by atoms with E-state index in [4.69, 9.17) is 0 Å². The molecular formula is C25H26N2O2.